The molecular formula is C2H8Cl3NO. The van der Waals surface area contributed by atoms with Crippen molar-refractivity contribution >= 4 is 35.6 Å². The average Bonchev–Trinajstić information content (AvgIpc) is 1.39. The molecule has 48 valence electrons. The van der Waals surface area contributed by atoms with Crippen molar-refractivity contribution in [2.24, 2.45) is 5.73 Å². The summed E-state index contributed by atoms with van der Waals surface area (Å²) in [5, 5.41) is 7.54. The lowest BCUT2D eigenvalue weighted by Crippen LogP contribution is -1.92. The second-order valence-electron chi connectivity index (χ2n) is 0.284. The first-order chi connectivity index (χ1) is 2.83. The van der Waals surface area contributed by atoms with E-state index in [2.05, 4.69) is 5.73 Å². The Labute approximate surface area is 59.0 Å². The van der Waals surface area contributed by atoms with Crippen LogP contribution in [0.3, 0.4) is 0 Å². The van der Waals surface area contributed by atoms with Crippen LogP contribution < -0.4 is 5.73 Å². The van der Waals surface area contributed by atoms with Gasteiger partial charge in [0.05, 0.1) is 12.1 Å². The molecular weight excluding hydrogens is 160 g/mol. The van der Waals surface area contributed by atoms with Crippen LogP contribution in [0.5, 0.6) is 0 Å². The van der Waals surface area contributed by atoms with E-state index >= 15 is 0 Å². The molecule has 0 atom stereocenters. The van der Waals surface area contributed by atoms with Crippen LogP contribution in [0, 0.1) is 0 Å². The topological polar surface area (TPSA) is 46.2 Å². The predicted octanol–water partition coefficient (Wildman–Crippen LogP) is 0.738. The Kier molecular flexibility index (Phi) is 65.4. The van der Waals surface area contributed by atoms with Gasteiger partial charge in [0.25, 0.3) is 0 Å². The molecule has 0 unspecified atom stereocenters. The summed E-state index contributed by atoms with van der Waals surface area (Å²) in [5.41, 5.74) is 4.40. The molecule has 0 heterocycles. The van der Waals surface area contributed by atoms with Gasteiger partial charge < -0.3 is 10.8 Å². The lowest BCUT2D eigenvalue weighted by atomic mass is 11.4. The molecule has 0 radical (unpaired) electrons. The molecule has 0 aromatic heterocycles. The van der Waals surface area contributed by atoms with E-state index in [1.165, 1.54) is 0 Å². The maximum Gasteiger partial charge on any atom is 0.0967 e. The van der Waals surface area contributed by atoms with Gasteiger partial charge in [-0.15, -0.1) is 35.6 Å². The van der Waals surface area contributed by atoms with Gasteiger partial charge in [-0.05, 0) is 0 Å². The summed E-state index contributed by atoms with van der Waals surface area (Å²) in [6.07, 6.45) is 0. The van der Waals surface area contributed by atoms with Crippen molar-refractivity contribution in [1.82, 2.24) is 0 Å². The van der Waals surface area contributed by atoms with Crippen molar-refractivity contribution in [3.63, 3.8) is 0 Å². The van der Waals surface area contributed by atoms with Gasteiger partial charge in [0.2, 0.25) is 0 Å². The maximum absolute atomic E-state index is 7.35. The van der Waals surface area contributed by atoms with E-state index in [0.717, 1.165) is 0 Å². The summed E-state index contributed by atoms with van der Waals surface area (Å²) in [6, 6.07) is 0. The molecule has 0 fully saturated rings. The Morgan fingerprint density at radius 1 is 1.43 bits per heavy atom. The fraction of sp³-hybridized carbons (Fsp3) is 1.00. The lowest BCUT2D eigenvalue weighted by molar-refractivity contribution is 0.307. The zero-order chi connectivity index (χ0) is 5.41. The molecule has 5 heteroatoms. The summed E-state index contributed by atoms with van der Waals surface area (Å²) in [5.74, 6) is 0. The number of hydrogen-bond donors (Lipinski definition) is 2. The first kappa shape index (κ1) is 15.7. The quantitative estimate of drug-likeness (QED) is 0.414. The number of rotatable bonds is 0. The van der Waals surface area contributed by atoms with Gasteiger partial charge in [0, 0.05) is 0 Å². The Bertz CT molecular complexity index is 14.9. The Hall–Kier alpha value is 0.790. The number of hydrogen-bond acceptors (Lipinski definition) is 2. The van der Waals surface area contributed by atoms with Crippen molar-refractivity contribution in [3.05, 3.63) is 0 Å². The molecule has 0 saturated carbocycles. The van der Waals surface area contributed by atoms with Crippen LogP contribution in [-0.4, -0.2) is 17.2 Å². The lowest BCUT2D eigenvalue weighted by Gasteiger charge is -1.56. The van der Waals surface area contributed by atoms with Crippen LogP contribution in [0.15, 0.2) is 0 Å². The van der Waals surface area contributed by atoms with Crippen LogP contribution in [0.2, 0.25) is 0 Å². The smallest absolute Gasteiger partial charge is 0.0967 e. The van der Waals surface area contributed by atoms with E-state index in [9.17, 15) is 0 Å². The minimum Gasteiger partial charge on any atom is -0.382 e. The zero-order valence-electron chi connectivity index (χ0n) is 3.60. The van der Waals surface area contributed by atoms with Crippen LogP contribution in [0.1, 0.15) is 0 Å². The molecule has 0 aliphatic rings. The number of halogens is 3. The number of aliphatic hydroxyl groups excluding tert-OH is 1. The molecule has 0 aliphatic carbocycles. The summed E-state index contributed by atoms with van der Waals surface area (Å²) < 4.78 is 0. The van der Waals surface area contributed by atoms with Gasteiger partial charge in [-0.2, -0.15) is 0 Å². The minimum atomic E-state index is -0.250. The van der Waals surface area contributed by atoms with Gasteiger partial charge in [0.15, 0.2) is 0 Å². The third kappa shape index (κ3) is 250. The first-order valence-electron chi connectivity index (χ1n) is 1.26. The highest BCUT2D eigenvalue weighted by molar-refractivity contribution is 6.40. The number of alkyl halides is 2. The Morgan fingerprint density at radius 2 is 1.43 bits per heavy atom. The van der Waals surface area contributed by atoms with E-state index in [1.54, 1.807) is 0 Å². The molecule has 0 bridgehead atoms. The van der Waals surface area contributed by atoms with E-state index in [4.69, 9.17) is 28.3 Å². The molecule has 0 aromatic rings. The molecule has 0 rings (SSSR count). The van der Waals surface area contributed by atoms with Gasteiger partial charge in [-0.25, -0.2) is 0 Å². The molecule has 0 amide bonds. The third-order valence-corrected chi connectivity index (χ3v) is 0. The van der Waals surface area contributed by atoms with E-state index in [0.29, 0.717) is 0 Å². The second-order valence-corrected chi connectivity index (χ2v) is 1.09. The summed E-state index contributed by atoms with van der Waals surface area (Å²) in [4.78, 5) is 0. The molecule has 0 saturated heterocycles. The van der Waals surface area contributed by atoms with E-state index < -0.39 is 0 Å². The van der Waals surface area contributed by atoms with Gasteiger partial charge in [-0.1, -0.05) is 0 Å². The normalized spacial score (nSPS) is 5.14. The highest BCUT2D eigenvalue weighted by atomic mass is 35.5. The Balaban J connectivity index is -0.0000000400. The zero-order valence-corrected chi connectivity index (χ0v) is 5.93. The van der Waals surface area contributed by atoms with Crippen molar-refractivity contribution in [3.8, 4) is 0 Å². The monoisotopic (exact) mass is 167 g/mol. The second kappa shape index (κ2) is 29.2. The number of nitrogens with two attached hydrogens (primary N) is 1. The SMILES string of the molecule is Cl.ClCCl.NCO. The van der Waals surface area contributed by atoms with Crippen LogP contribution in [-0.2, 0) is 0 Å². The van der Waals surface area contributed by atoms with Crippen LogP contribution >= 0.6 is 35.6 Å². The third-order valence-electron chi connectivity index (χ3n) is 0. The summed E-state index contributed by atoms with van der Waals surface area (Å²) in [7, 11) is 0. The molecule has 7 heavy (non-hydrogen) atoms. The van der Waals surface area contributed by atoms with Crippen LogP contribution in [0.4, 0.5) is 0 Å². The predicted molar refractivity (Wildman–Crippen MR) is 35.1 cm³/mol. The van der Waals surface area contributed by atoms with Crippen molar-refractivity contribution in [1.29, 1.82) is 0 Å². The van der Waals surface area contributed by atoms with Crippen molar-refractivity contribution < 1.29 is 5.11 Å². The molecule has 2 nitrogen and oxygen atoms in total. The fourth-order valence-corrected chi connectivity index (χ4v) is 0. The standard InChI is InChI=1S/CH2Cl2.CH5NO.ClH/c2*2-1-3;/h1H2;3H,1-2H2;1H. The van der Waals surface area contributed by atoms with Crippen LogP contribution in [0.25, 0.3) is 0 Å². The van der Waals surface area contributed by atoms with Crippen molar-refractivity contribution in [2.75, 3.05) is 12.1 Å². The molecule has 3 N–H and O–H groups in total. The van der Waals surface area contributed by atoms with Gasteiger partial charge >= 0.3 is 0 Å². The maximum atomic E-state index is 7.35. The largest absolute Gasteiger partial charge is 0.382 e. The van der Waals surface area contributed by atoms with E-state index in [-0.39, 0.29) is 24.5 Å². The molecule has 0 aromatic carbocycles. The molecule has 0 spiro atoms. The highest BCUT2D eigenvalue weighted by Crippen LogP contribution is 1.73. The fourth-order valence-electron chi connectivity index (χ4n) is 0. The first-order valence-corrected chi connectivity index (χ1v) is 2.33. The van der Waals surface area contributed by atoms with Gasteiger partial charge in [0.1, 0.15) is 0 Å². The minimum absolute atomic E-state index is 0. The number of aliphatic hydroxyl groups is 1. The van der Waals surface area contributed by atoms with Gasteiger partial charge in [-0.3, -0.25) is 0 Å². The molecule has 0 aliphatic heterocycles. The highest BCUT2D eigenvalue weighted by Gasteiger charge is 1.41. The Morgan fingerprint density at radius 3 is 1.43 bits per heavy atom. The van der Waals surface area contributed by atoms with E-state index in [1.807, 2.05) is 0 Å². The summed E-state index contributed by atoms with van der Waals surface area (Å²) in [6.45, 7) is -0.250. The average molecular weight is 168 g/mol. The summed E-state index contributed by atoms with van der Waals surface area (Å²) >= 11 is 9.53. The van der Waals surface area contributed by atoms with Crippen molar-refractivity contribution in [2.45, 2.75) is 0 Å².